The van der Waals surface area contributed by atoms with Crippen molar-refractivity contribution >= 4 is 5.91 Å². The van der Waals surface area contributed by atoms with E-state index in [0.717, 1.165) is 19.4 Å². The van der Waals surface area contributed by atoms with Gasteiger partial charge in [-0.1, -0.05) is 25.7 Å². The molecule has 0 aromatic rings. The average Bonchev–Trinajstić information content (AvgIpc) is 3.17. The first-order valence-corrected chi connectivity index (χ1v) is 8.76. The minimum absolute atomic E-state index is 0.122. The minimum Gasteiger partial charge on any atom is -0.364 e. The van der Waals surface area contributed by atoms with E-state index < -0.39 is 0 Å². The van der Waals surface area contributed by atoms with Gasteiger partial charge in [0.2, 0.25) is 5.91 Å². The molecule has 5 rings (SSSR count). The Morgan fingerprint density at radius 3 is 2.62 bits per heavy atom. The fraction of sp³-hybridized carbons (Fsp3) is 0.941. The van der Waals surface area contributed by atoms with E-state index >= 15 is 0 Å². The Morgan fingerprint density at radius 2 is 1.95 bits per heavy atom. The molecule has 4 aliphatic heterocycles. The Morgan fingerprint density at radius 1 is 1.19 bits per heavy atom. The average molecular weight is 291 g/mol. The molecule has 0 aromatic carbocycles. The Bertz CT molecular complexity index is 484. The lowest BCUT2D eigenvalue weighted by molar-refractivity contribution is -0.164. The Labute approximate surface area is 126 Å². The van der Waals surface area contributed by atoms with Crippen LogP contribution in [0.2, 0.25) is 0 Å². The second kappa shape index (κ2) is 4.02. The van der Waals surface area contributed by atoms with Crippen molar-refractivity contribution in [2.75, 3.05) is 6.54 Å². The lowest BCUT2D eigenvalue weighted by Crippen LogP contribution is -2.65. The van der Waals surface area contributed by atoms with E-state index in [0.29, 0.717) is 18.1 Å². The van der Waals surface area contributed by atoms with Crippen LogP contribution in [-0.2, 0) is 14.3 Å². The van der Waals surface area contributed by atoms with Gasteiger partial charge in [-0.2, -0.15) is 0 Å². The van der Waals surface area contributed by atoms with Crippen LogP contribution in [0.5, 0.6) is 0 Å². The zero-order valence-electron chi connectivity index (χ0n) is 12.8. The van der Waals surface area contributed by atoms with Crippen LogP contribution >= 0.6 is 0 Å². The van der Waals surface area contributed by atoms with E-state index in [1.165, 1.54) is 38.5 Å². The molecule has 4 heterocycles. The summed E-state index contributed by atoms with van der Waals surface area (Å²) >= 11 is 0. The number of epoxide rings is 1. The second-order valence-corrected chi connectivity index (χ2v) is 8.01. The summed E-state index contributed by atoms with van der Waals surface area (Å²) in [6.07, 6.45) is 10.8. The topological polar surface area (TPSA) is 42.1 Å². The molecule has 21 heavy (non-hydrogen) atoms. The highest BCUT2D eigenvalue weighted by molar-refractivity contribution is 5.74. The van der Waals surface area contributed by atoms with E-state index in [1.54, 1.807) is 6.92 Å². The maximum Gasteiger partial charge on any atom is 0.220 e. The molecule has 5 atom stereocenters. The number of rotatable bonds is 0. The molecule has 2 spiro atoms. The third kappa shape index (κ3) is 1.56. The van der Waals surface area contributed by atoms with Crippen LogP contribution in [-0.4, -0.2) is 46.8 Å². The van der Waals surface area contributed by atoms with Gasteiger partial charge in [0.15, 0.2) is 0 Å². The molecule has 0 aromatic heterocycles. The van der Waals surface area contributed by atoms with Crippen molar-refractivity contribution in [3.8, 4) is 0 Å². The highest BCUT2D eigenvalue weighted by atomic mass is 16.7. The van der Waals surface area contributed by atoms with Crippen molar-refractivity contribution in [2.45, 2.75) is 87.7 Å². The summed E-state index contributed by atoms with van der Waals surface area (Å²) < 4.78 is 12.2. The third-order valence-corrected chi connectivity index (χ3v) is 6.97. The fourth-order valence-electron chi connectivity index (χ4n) is 6.01. The Kier molecular flexibility index (Phi) is 2.47. The number of hydrogen-bond donors (Lipinski definition) is 0. The van der Waals surface area contributed by atoms with Gasteiger partial charge in [-0.25, -0.2) is 0 Å². The van der Waals surface area contributed by atoms with Gasteiger partial charge >= 0.3 is 0 Å². The monoisotopic (exact) mass is 291 g/mol. The first kappa shape index (κ1) is 12.9. The number of amides is 1. The fourth-order valence-corrected chi connectivity index (χ4v) is 6.01. The second-order valence-electron chi connectivity index (χ2n) is 8.01. The highest BCUT2D eigenvalue weighted by Crippen LogP contribution is 2.63. The van der Waals surface area contributed by atoms with Crippen LogP contribution in [0.4, 0.5) is 0 Å². The lowest BCUT2D eigenvalue weighted by Gasteiger charge is -2.54. The largest absolute Gasteiger partial charge is 0.364 e. The predicted octanol–water partition coefficient (Wildman–Crippen LogP) is 2.26. The van der Waals surface area contributed by atoms with Gasteiger partial charge in [0.1, 0.15) is 17.8 Å². The zero-order valence-corrected chi connectivity index (χ0v) is 12.8. The van der Waals surface area contributed by atoms with Gasteiger partial charge in [0, 0.05) is 12.5 Å². The summed E-state index contributed by atoms with van der Waals surface area (Å²) in [5.74, 6) is 0.848. The molecular weight excluding hydrogens is 266 g/mol. The molecule has 4 saturated heterocycles. The van der Waals surface area contributed by atoms with E-state index in [4.69, 9.17) is 9.47 Å². The molecule has 0 unspecified atom stereocenters. The van der Waals surface area contributed by atoms with Crippen LogP contribution in [0.15, 0.2) is 0 Å². The van der Waals surface area contributed by atoms with Crippen molar-refractivity contribution in [3.63, 3.8) is 0 Å². The van der Waals surface area contributed by atoms with E-state index in [-0.39, 0.29) is 23.2 Å². The summed E-state index contributed by atoms with van der Waals surface area (Å²) in [5, 5.41) is 0. The molecule has 1 amide bonds. The van der Waals surface area contributed by atoms with Gasteiger partial charge in [0.25, 0.3) is 0 Å². The molecule has 1 aliphatic carbocycles. The minimum atomic E-state index is -0.154. The van der Waals surface area contributed by atoms with Gasteiger partial charge < -0.3 is 14.4 Å². The molecule has 4 heteroatoms. The summed E-state index contributed by atoms with van der Waals surface area (Å²) in [6, 6.07) is 0. The van der Waals surface area contributed by atoms with Crippen molar-refractivity contribution in [2.24, 2.45) is 5.92 Å². The third-order valence-electron chi connectivity index (χ3n) is 6.97. The molecule has 0 N–H and O–H groups in total. The lowest BCUT2D eigenvalue weighted by atomic mass is 9.65. The molecule has 2 bridgehead atoms. The number of carbonyl (C=O) groups excluding carboxylic acids is 1. The number of likely N-dealkylation sites (tertiary alicyclic amines) is 1. The van der Waals surface area contributed by atoms with Crippen molar-refractivity contribution in [3.05, 3.63) is 0 Å². The van der Waals surface area contributed by atoms with Crippen LogP contribution in [0.3, 0.4) is 0 Å². The standard InChI is InChI=1S/C17H25NO3/c1-11(19)18-10-17-12(8-13(21-17)14-15(17)20-14)9-16(18)6-4-2-3-5-7-16/h12-15H,2-10H2,1H3/t12-,13-,14+,15-,17+/m0/s1. The van der Waals surface area contributed by atoms with Crippen molar-refractivity contribution in [1.82, 2.24) is 4.90 Å². The molecule has 0 radical (unpaired) electrons. The van der Waals surface area contributed by atoms with Crippen LogP contribution < -0.4 is 0 Å². The number of hydrogen-bond acceptors (Lipinski definition) is 3. The number of nitrogens with zero attached hydrogens (tertiary/aromatic N) is 1. The molecule has 1 saturated carbocycles. The maximum absolute atomic E-state index is 12.4. The summed E-state index contributed by atoms with van der Waals surface area (Å²) in [7, 11) is 0. The summed E-state index contributed by atoms with van der Waals surface area (Å²) in [6.45, 7) is 2.53. The van der Waals surface area contributed by atoms with Crippen LogP contribution in [0.25, 0.3) is 0 Å². The maximum atomic E-state index is 12.4. The number of piperidine rings is 1. The van der Waals surface area contributed by atoms with Gasteiger partial charge in [0.05, 0.1) is 12.6 Å². The molecule has 116 valence electrons. The first-order valence-electron chi connectivity index (χ1n) is 8.76. The van der Waals surface area contributed by atoms with E-state index in [2.05, 4.69) is 4.90 Å². The molecule has 5 fully saturated rings. The molecule has 4 nitrogen and oxygen atoms in total. The summed E-state index contributed by atoms with van der Waals surface area (Å²) in [5.41, 5.74) is -0.0327. The Balaban J connectivity index is 1.51. The van der Waals surface area contributed by atoms with E-state index in [9.17, 15) is 4.79 Å². The van der Waals surface area contributed by atoms with Gasteiger partial charge in [-0.3, -0.25) is 4.79 Å². The SMILES string of the molecule is CC(=O)N1C[C@@]23O[C@@H](C[C@H]2CC12CCCCCC2)[C@H]1O[C@@H]13. The van der Waals surface area contributed by atoms with E-state index in [1.807, 2.05) is 0 Å². The normalized spacial score (nSPS) is 49.7. The summed E-state index contributed by atoms with van der Waals surface area (Å²) in [4.78, 5) is 14.6. The number of ether oxygens (including phenoxy) is 2. The van der Waals surface area contributed by atoms with Crippen molar-refractivity contribution < 1.29 is 14.3 Å². The van der Waals surface area contributed by atoms with Crippen molar-refractivity contribution in [1.29, 1.82) is 0 Å². The molecule has 5 aliphatic rings. The van der Waals surface area contributed by atoms with Gasteiger partial charge in [-0.15, -0.1) is 0 Å². The van der Waals surface area contributed by atoms with Crippen LogP contribution in [0, 0.1) is 5.92 Å². The predicted molar refractivity (Wildman–Crippen MR) is 76.8 cm³/mol. The first-order chi connectivity index (χ1) is 10.1. The van der Waals surface area contributed by atoms with Crippen LogP contribution in [0.1, 0.15) is 58.3 Å². The number of fused-ring (bicyclic) bond motifs is 3. The zero-order chi connectivity index (χ0) is 14.2. The number of carbonyl (C=O) groups is 1. The quantitative estimate of drug-likeness (QED) is 0.643. The molecular formula is C17H25NO3. The Hall–Kier alpha value is -0.610. The smallest absolute Gasteiger partial charge is 0.220 e. The highest BCUT2D eigenvalue weighted by Gasteiger charge is 2.76. The van der Waals surface area contributed by atoms with Gasteiger partial charge in [-0.05, 0) is 31.6 Å².